The van der Waals surface area contributed by atoms with Crippen LogP contribution in [0.1, 0.15) is 44.0 Å². The van der Waals surface area contributed by atoms with Crippen LogP contribution in [-0.4, -0.2) is 31.5 Å². The van der Waals surface area contributed by atoms with Gasteiger partial charge in [0.05, 0.1) is 21.0 Å². The topological polar surface area (TPSA) is 92.7 Å². The molecule has 3 aromatic carbocycles. The van der Waals surface area contributed by atoms with Crippen LogP contribution in [-0.2, 0) is 14.6 Å². The van der Waals surface area contributed by atoms with E-state index in [2.05, 4.69) is 5.32 Å². The van der Waals surface area contributed by atoms with Crippen molar-refractivity contribution >= 4 is 39.1 Å². The predicted octanol–water partition coefficient (Wildman–Crippen LogP) is 6.50. The minimum Gasteiger partial charge on any atom is -0.444 e. The number of aliphatic hydroxyl groups excluding tert-OH is 1. The zero-order valence-corrected chi connectivity index (χ0v) is 22.4. The number of ether oxygens (including phenoxy) is 1. The second-order valence-corrected chi connectivity index (χ2v) is 12.1. The molecule has 36 heavy (non-hydrogen) atoms. The van der Waals surface area contributed by atoms with Gasteiger partial charge in [-0.1, -0.05) is 53.5 Å². The Kier molecular flexibility index (Phi) is 8.35. The Morgan fingerprint density at radius 3 is 2.25 bits per heavy atom. The molecule has 0 aromatic heterocycles. The fourth-order valence-electron chi connectivity index (χ4n) is 3.52. The number of sulfone groups is 1. The molecular weight excluding hydrogens is 528 g/mol. The summed E-state index contributed by atoms with van der Waals surface area (Å²) in [6, 6.07) is 13.7. The number of halogens is 3. The van der Waals surface area contributed by atoms with E-state index in [1.807, 2.05) is 0 Å². The fourth-order valence-corrected chi connectivity index (χ4v) is 4.49. The number of carbonyl (C=O) groups is 1. The smallest absolute Gasteiger partial charge is 0.408 e. The summed E-state index contributed by atoms with van der Waals surface area (Å²) >= 11 is 12.2. The zero-order valence-electron chi connectivity index (χ0n) is 20.1. The van der Waals surface area contributed by atoms with Gasteiger partial charge in [0.25, 0.3) is 0 Å². The summed E-state index contributed by atoms with van der Waals surface area (Å²) in [5.41, 5.74) is 0.396. The summed E-state index contributed by atoms with van der Waals surface area (Å²) < 4.78 is 44.4. The highest BCUT2D eigenvalue weighted by Gasteiger charge is 2.29. The van der Waals surface area contributed by atoms with Gasteiger partial charge < -0.3 is 15.2 Å². The minimum atomic E-state index is -3.44. The Labute approximate surface area is 219 Å². The number of carbonyl (C=O) groups excluding carboxylic acids is 1. The molecule has 0 fully saturated rings. The number of rotatable bonds is 6. The van der Waals surface area contributed by atoms with Gasteiger partial charge in [-0.25, -0.2) is 17.6 Å². The molecular formula is C26H26Cl2FNO5S. The lowest BCUT2D eigenvalue weighted by molar-refractivity contribution is 0.0415. The molecule has 3 rings (SSSR count). The number of benzene rings is 3. The summed E-state index contributed by atoms with van der Waals surface area (Å²) in [6.45, 7) is 5.07. The number of alkyl carbamates (subject to hydrolysis) is 1. The molecule has 0 saturated heterocycles. The molecule has 2 unspecified atom stereocenters. The van der Waals surface area contributed by atoms with Crippen molar-refractivity contribution in [2.75, 3.05) is 6.26 Å². The monoisotopic (exact) mass is 553 g/mol. The first-order valence-corrected chi connectivity index (χ1v) is 13.5. The van der Waals surface area contributed by atoms with Crippen LogP contribution in [0.3, 0.4) is 0 Å². The Hall–Kier alpha value is -2.65. The Morgan fingerprint density at radius 2 is 1.67 bits per heavy atom. The van der Waals surface area contributed by atoms with E-state index in [1.54, 1.807) is 45.0 Å². The quantitative estimate of drug-likeness (QED) is 0.363. The summed E-state index contributed by atoms with van der Waals surface area (Å²) in [7, 11) is -3.44. The maximum absolute atomic E-state index is 15.3. The number of amides is 1. The van der Waals surface area contributed by atoms with Crippen LogP contribution in [0.25, 0.3) is 11.1 Å². The number of nitrogens with one attached hydrogen (secondary N) is 1. The van der Waals surface area contributed by atoms with E-state index < -0.39 is 39.5 Å². The molecule has 3 aromatic rings. The Balaban J connectivity index is 1.99. The lowest BCUT2D eigenvalue weighted by Gasteiger charge is -2.28. The van der Waals surface area contributed by atoms with Crippen molar-refractivity contribution in [2.24, 2.45) is 0 Å². The first-order valence-electron chi connectivity index (χ1n) is 10.9. The van der Waals surface area contributed by atoms with Gasteiger partial charge in [-0.05, 0) is 67.8 Å². The van der Waals surface area contributed by atoms with Crippen LogP contribution in [0, 0.1) is 5.82 Å². The van der Waals surface area contributed by atoms with Gasteiger partial charge in [-0.2, -0.15) is 0 Å². The van der Waals surface area contributed by atoms with E-state index in [4.69, 9.17) is 27.9 Å². The minimum absolute atomic E-state index is 0.0925. The average Bonchev–Trinajstić information content (AvgIpc) is 2.77. The van der Waals surface area contributed by atoms with Gasteiger partial charge in [0.15, 0.2) is 9.84 Å². The van der Waals surface area contributed by atoms with Crippen molar-refractivity contribution in [1.29, 1.82) is 0 Å². The highest BCUT2D eigenvalue weighted by molar-refractivity contribution is 7.90. The van der Waals surface area contributed by atoms with Gasteiger partial charge in [0.1, 0.15) is 17.5 Å². The van der Waals surface area contributed by atoms with Crippen molar-refractivity contribution in [1.82, 2.24) is 5.32 Å². The third-order valence-electron chi connectivity index (χ3n) is 5.21. The van der Waals surface area contributed by atoms with Crippen molar-refractivity contribution in [3.8, 4) is 11.1 Å². The van der Waals surface area contributed by atoms with Crippen molar-refractivity contribution in [3.05, 3.63) is 87.7 Å². The second-order valence-electron chi connectivity index (χ2n) is 9.28. The van der Waals surface area contributed by atoms with E-state index >= 15 is 4.39 Å². The van der Waals surface area contributed by atoms with E-state index in [1.165, 1.54) is 36.4 Å². The number of aliphatic hydroxyl groups is 1. The van der Waals surface area contributed by atoms with Crippen LogP contribution < -0.4 is 5.32 Å². The molecule has 10 heteroatoms. The molecule has 2 atom stereocenters. The van der Waals surface area contributed by atoms with E-state index in [-0.39, 0.29) is 20.5 Å². The van der Waals surface area contributed by atoms with Crippen LogP contribution in [0.5, 0.6) is 0 Å². The van der Waals surface area contributed by atoms with E-state index in [0.29, 0.717) is 16.7 Å². The van der Waals surface area contributed by atoms with E-state index in [9.17, 15) is 18.3 Å². The average molecular weight is 554 g/mol. The molecule has 192 valence electrons. The lowest BCUT2D eigenvalue weighted by atomic mass is 9.93. The highest BCUT2D eigenvalue weighted by Crippen LogP contribution is 2.35. The molecule has 0 bridgehead atoms. The highest BCUT2D eigenvalue weighted by atomic mass is 35.5. The second kappa shape index (κ2) is 10.8. The summed E-state index contributed by atoms with van der Waals surface area (Å²) in [5, 5.41) is 14.2. The maximum Gasteiger partial charge on any atom is 0.408 e. The maximum atomic E-state index is 15.3. The molecule has 1 amide bonds. The van der Waals surface area contributed by atoms with Crippen LogP contribution in [0.4, 0.5) is 9.18 Å². The lowest BCUT2D eigenvalue weighted by Crippen LogP contribution is -2.37. The van der Waals surface area contributed by atoms with Gasteiger partial charge >= 0.3 is 6.09 Å². The SMILES string of the molecule is CC(C)(C)OC(=O)NC(c1ccc(Cl)c(Cl)c1)C(O)c1ccc(-c2cccc(S(C)(=O)=O)c2)cc1F. The summed E-state index contributed by atoms with van der Waals surface area (Å²) in [6.07, 6.45) is -1.24. The van der Waals surface area contributed by atoms with Crippen molar-refractivity contribution in [2.45, 2.75) is 43.4 Å². The zero-order chi connectivity index (χ0) is 26.8. The number of hydrogen-bond donors (Lipinski definition) is 2. The van der Waals surface area contributed by atoms with Gasteiger partial charge in [0.2, 0.25) is 0 Å². The molecule has 0 heterocycles. The Morgan fingerprint density at radius 1 is 1.00 bits per heavy atom. The van der Waals surface area contributed by atoms with E-state index in [0.717, 1.165) is 6.26 Å². The van der Waals surface area contributed by atoms with Gasteiger partial charge in [0, 0.05) is 11.8 Å². The van der Waals surface area contributed by atoms with Crippen LogP contribution in [0.15, 0.2) is 65.6 Å². The molecule has 0 aliphatic rings. The van der Waals surface area contributed by atoms with Crippen LogP contribution in [0.2, 0.25) is 10.0 Å². The molecule has 0 aliphatic carbocycles. The summed E-state index contributed by atoms with van der Waals surface area (Å²) in [4.78, 5) is 12.6. The normalized spacial score (nSPS) is 13.7. The number of hydrogen-bond acceptors (Lipinski definition) is 5. The first kappa shape index (κ1) is 27.9. The molecule has 0 aliphatic heterocycles. The van der Waals surface area contributed by atoms with Crippen LogP contribution >= 0.6 is 23.2 Å². The summed E-state index contributed by atoms with van der Waals surface area (Å²) in [5.74, 6) is -0.749. The van der Waals surface area contributed by atoms with Gasteiger partial charge in [-0.15, -0.1) is 0 Å². The first-order chi connectivity index (χ1) is 16.7. The third-order valence-corrected chi connectivity index (χ3v) is 7.05. The van der Waals surface area contributed by atoms with Crippen molar-refractivity contribution in [3.63, 3.8) is 0 Å². The standard InChI is InChI=1S/C26H26Cl2FNO5S/c1-26(2,3)35-25(32)30-23(17-9-11-20(27)21(28)13-17)24(31)19-10-8-16(14-22(19)29)15-6-5-7-18(12-15)36(4,33)34/h5-14,23-24,31H,1-4H3,(H,30,32). The third kappa shape index (κ3) is 6.97. The van der Waals surface area contributed by atoms with Crippen molar-refractivity contribution < 1.29 is 27.4 Å². The fraction of sp³-hybridized carbons (Fsp3) is 0.269. The molecule has 0 radical (unpaired) electrons. The van der Waals surface area contributed by atoms with Gasteiger partial charge in [-0.3, -0.25) is 0 Å². The molecule has 0 spiro atoms. The molecule has 0 saturated carbocycles. The Bertz CT molecular complexity index is 1390. The molecule has 2 N–H and O–H groups in total. The predicted molar refractivity (Wildman–Crippen MR) is 138 cm³/mol. The largest absolute Gasteiger partial charge is 0.444 e. The molecule has 6 nitrogen and oxygen atoms in total.